The summed E-state index contributed by atoms with van der Waals surface area (Å²) in [6.07, 6.45) is 10.4. The van der Waals surface area contributed by atoms with Crippen LogP contribution in [0.25, 0.3) is 0 Å². The lowest BCUT2D eigenvalue weighted by atomic mass is 9.63. The van der Waals surface area contributed by atoms with Gasteiger partial charge in [0.05, 0.1) is 31.0 Å². The third-order valence-electron chi connectivity index (χ3n) is 7.60. The van der Waals surface area contributed by atoms with Gasteiger partial charge < -0.3 is 20.1 Å². The summed E-state index contributed by atoms with van der Waals surface area (Å²) < 4.78 is 6.07. The van der Waals surface area contributed by atoms with Gasteiger partial charge in [-0.25, -0.2) is 0 Å². The summed E-state index contributed by atoms with van der Waals surface area (Å²) in [5, 5.41) is 30.2. The summed E-state index contributed by atoms with van der Waals surface area (Å²) in [7, 11) is 0. The highest BCUT2D eigenvalue weighted by Gasteiger charge is 2.46. The summed E-state index contributed by atoms with van der Waals surface area (Å²) in [5.41, 5.74) is 4.61. The predicted octanol–water partition coefficient (Wildman–Crippen LogP) is 4.47. The highest BCUT2D eigenvalue weighted by atomic mass is 16.5. The monoisotopic (exact) mass is 416 g/mol. The van der Waals surface area contributed by atoms with Crippen LogP contribution in [0.5, 0.6) is 0 Å². The molecule has 30 heavy (non-hydrogen) atoms. The van der Waals surface area contributed by atoms with Gasteiger partial charge >= 0.3 is 0 Å². The Balaban J connectivity index is 1.73. The molecule has 6 atom stereocenters. The lowest BCUT2D eigenvalue weighted by molar-refractivity contribution is -0.0146. The number of allylic oxidation sites excluding steroid dienone is 4. The Morgan fingerprint density at radius 1 is 1.27 bits per heavy atom. The first-order valence-corrected chi connectivity index (χ1v) is 11.6. The van der Waals surface area contributed by atoms with Crippen LogP contribution in [0.15, 0.2) is 47.1 Å². The van der Waals surface area contributed by atoms with Crippen LogP contribution < -0.4 is 0 Å². The molecule has 2 fully saturated rings. The van der Waals surface area contributed by atoms with E-state index in [0.717, 1.165) is 36.8 Å². The molecule has 0 bridgehead atoms. The number of fused-ring (bicyclic) bond motifs is 1. The number of hydrogen-bond donors (Lipinski definition) is 3. The predicted molar refractivity (Wildman–Crippen MR) is 121 cm³/mol. The molecule has 4 heteroatoms. The summed E-state index contributed by atoms with van der Waals surface area (Å²) >= 11 is 0. The van der Waals surface area contributed by atoms with E-state index in [0.29, 0.717) is 25.4 Å². The molecule has 3 rings (SSSR count). The molecule has 0 radical (unpaired) electrons. The topological polar surface area (TPSA) is 69.9 Å². The maximum absolute atomic E-state index is 10.1. The zero-order valence-electron chi connectivity index (χ0n) is 19.1. The first-order valence-electron chi connectivity index (χ1n) is 11.6. The van der Waals surface area contributed by atoms with Crippen molar-refractivity contribution in [3.8, 4) is 0 Å². The van der Waals surface area contributed by atoms with Crippen LogP contribution in [-0.2, 0) is 4.74 Å². The second kappa shape index (κ2) is 9.52. The molecule has 4 nitrogen and oxygen atoms in total. The first-order chi connectivity index (χ1) is 14.1. The van der Waals surface area contributed by atoms with Crippen LogP contribution in [0.3, 0.4) is 0 Å². The van der Waals surface area contributed by atoms with Crippen molar-refractivity contribution in [2.75, 3.05) is 6.61 Å². The van der Waals surface area contributed by atoms with Crippen LogP contribution in [0.1, 0.15) is 66.2 Å². The molecular weight excluding hydrogens is 376 g/mol. The standard InChI is InChI=1S/C26H40O4/c1-16(2)25(29)15-30-18(4)22-10-11-23-19(7-6-12-26(22,23)5)8-9-20-13-21(27)14-24(28)17(20)3/h8-10,16,18,21,23-25,27-29H,3,6-7,11-15H2,1-2,4-5H3/t18-,21-,23-,24-,25+,26+/m0/s1. The van der Waals surface area contributed by atoms with E-state index in [1.165, 1.54) is 11.1 Å². The van der Waals surface area contributed by atoms with Crippen molar-refractivity contribution in [2.24, 2.45) is 17.3 Å². The van der Waals surface area contributed by atoms with Crippen LogP contribution in [0.4, 0.5) is 0 Å². The van der Waals surface area contributed by atoms with Crippen LogP contribution in [0, 0.1) is 17.3 Å². The van der Waals surface area contributed by atoms with Gasteiger partial charge in [0.2, 0.25) is 0 Å². The number of aliphatic hydroxyl groups excluding tert-OH is 3. The molecule has 0 amide bonds. The number of rotatable bonds is 6. The van der Waals surface area contributed by atoms with E-state index in [-0.39, 0.29) is 17.4 Å². The first kappa shape index (κ1) is 23.5. The summed E-state index contributed by atoms with van der Waals surface area (Å²) in [6, 6.07) is 0. The van der Waals surface area contributed by atoms with Crippen molar-refractivity contribution < 1.29 is 20.1 Å². The largest absolute Gasteiger partial charge is 0.393 e. The number of hydrogen-bond acceptors (Lipinski definition) is 4. The maximum atomic E-state index is 10.1. The second-order valence-corrected chi connectivity index (χ2v) is 10.1. The van der Waals surface area contributed by atoms with Crippen LogP contribution in [-0.4, -0.2) is 46.3 Å². The molecule has 3 aliphatic carbocycles. The third-order valence-corrected chi connectivity index (χ3v) is 7.60. The normalized spacial score (nSPS) is 36.9. The van der Waals surface area contributed by atoms with E-state index in [1.807, 2.05) is 13.8 Å². The summed E-state index contributed by atoms with van der Waals surface area (Å²) in [5.74, 6) is 0.660. The lowest BCUT2D eigenvalue weighted by Gasteiger charge is -2.42. The van der Waals surface area contributed by atoms with E-state index in [1.54, 1.807) is 0 Å². The minimum absolute atomic E-state index is 0.00882. The molecule has 168 valence electrons. The van der Waals surface area contributed by atoms with Gasteiger partial charge in [-0.3, -0.25) is 0 Å². The van der Waals surface area contributed by atoms with E-state index in [9.17, 15) is 15.3 Å². The lowest BCUT2D eigenvalue weighted by Crippen LogP contribution is -2.35. The fourth-order valence-electron chi connectivity index (χ4n) is 5.47. The number of aliphatic hydroxyl groups is 3. The van der Waals surface area contributed by atoms with E-state index >= 15 is 0 Å². The molecule has 0 aromatic heterocycles. The molecule has 0 aromatic rings. The fourth-order valence-corrected chi connectivity index (χ4v) is 5.47. The Morgan fingerprint density at radius 2 is 2.00 bits per heavy atom. The van der Waals surface area contributed by atoms with Crippen molar-refractivity contribution in [1.82, 2.24) is 0 Å². The Morgan fingerprint density at radius 3 is 2.70 bits per heavy atom. The van der Waals surface area contributed by atoms with Crippen molar-refractivity contribution in [3.05, 3.63) is 47.1 Å². The van der Waals surface area contributed by atoms with Crippen molar-refractivity contribution in [3.63, 3.8) is 0 Å². The van der Waals surface area contributed by atoms with Gasteiger partial charge in [0.1, 0.15) is 0 Å². The van der Waals surface area contributed by atoms with Gasteiger partial charge in [-0.15, -0.1) is 0 Å². The average molecular weight is 417 g/mol. The van der Waals surface area contributed by atoms with Gasteiger partial charge in [0.25, 0.3) is 0 Å². The zero-order chi connectivity index (χ0) is 22.1. The molecule has 2 saturated carbocycles. The summed E-state index contributed by atoms with van der Waals surface area (Å²) in [6.45, 7) is 12.9. The molecule has 3 N–H and O–H groups in total. The van der Waals surface area contributed by atoms with Crippen LogP contribution in [0.2, 0.25) is 0 Å². The Bertz CT molecular complexity index is 731. The maximum Gasteiger partial charge on any atom is 0.0811 e. The third kappa shape index (κ3) is 4.83. The van der Waals surface area contributed by atoms with Gasteiger partial charge in [-0.05, 0) is 73.0 Å². The Kier molecular flexibility index (Phi) is 7.44. The highest BCUT2D eigenvalue weighted by Crippen LogP contribution is 2.55. The molecule has 0 spiro atoms. The molecule has 0 heterocycles. The van der Waals surface area contributed by atoms with Gasteiger partial charge in [-0.1, -0.05) is 51.2 Å². The SMILES string of the molecule is C=C1C(=CC=C2CCC[C@]3(C)C([C@H](C)OC[C@@H](O)C(C)C)=CC[C@@H]23)C[C@H](O)C[C@@H]1O. The highest BCUT2D eigenvalue weighted by molar-refractivity contribution is 5.40. The Labute approximate surface area is 182 Å². The quantitative estimate of drug-likeness (QED) is 0.559. The van der Waals surface area contributed by atoms with E-state index in [2.05, 4.69) is 38.7 Å². The molecule has 0 unspecified atom stereocenters. The number of ether oxygens (including phenoxy) is 1. The van der Waals surface area contributed by atoms with E-state index < -0.39 is 18.3 Å². The smallest absolute Gasteiger partial charge is 0.0811 e. The van der Waals surface area contributed by atoms with Crippen molar-refractivity contribution in [1.29, 1.82) is 0 Å². The van der Waals surface area contributed by atoms with Crippen molar-refractivity contribution >= 4 is 0 Å². The van der Waals surface area contributed by atoms with Gasteiger partial charge in [0, 0.05) is 6.42 Å². The molecular formula is C26H40O4. The summed E-state index contributed by atoms with van der Waals surface area (Å²) in [4.78, 5) is 0. The van der Waals surface area contributed by atoms with Crippen LogP contribution >= 0.6 is 0 Å². The minimum Gasteiger partial charge on any atom is -0.393 e. The van der Waals surface area contributed by atoms with Gasteiger partial charge in [-0.2, -0.15) is 0 Å². The molecule has 0 aromatic carbocycles. The van der Waals surface area contributed by atoms with Gasteiger partial charge in [0.15, 0.2) is 0 Å². The van der Waals surface area contributed by atoms with E-state index in [4.69, 9.17) is 4.74 Å². The second-order valence-electron chi connectivity index (χ2n) is 10.1. The minimum atomic E-state index is -0.644. The molecule has 0 saturated heterocycles. The average Bonchev–Trinajstić information content (AvgIpc) is 3.04. The fraction of sp³-hybridized carbons (Fsp3) is 0.692. The Hall–Kier alpha value is -1.20. The zero-order valence-corrected chi connectivity index (χ0v) is 19.1. The molecule has 0 aliphatic heterocycles. The van der Waals surface area contributed by atoms with Crippen molar-refractivity contribution in [2.45, 2.75) is 90.6 Å². The molecule has 3 aliphatic rings.